The first-order valence-electron chi connectivity index (χ1n) is 8.01. The standard InChI is InChI=1S/C19H18BrN3O2S/c1-12-11-13(6-7-14(12)20)21-18(25)19(2,3)23-17(24)9-8-15(22-23)16-5-4-10-26-16/h4-11H,1-3H3,(H,21,25). The molecule has 5 nitrogen and oxygen atoms in total. The number of anilines is 1. The van der Waals surface area contributed by atoms with E-state index in [1.807, 2.05) is 42.6 Å². The summed E-state index contributed by atoms with van der Waals surface area (Å²) in [6.07, 6.45) is 0. The fraction of sp³-hybridized carbons (Fsp3) is 0.211. The van der Waals surface area contributed by atoms with E-state index in [1.54, 1.807) is 19.9 Å². The first-order chi connectivity index (χ1) is 12.3. The fourth-order valence-corrected chi connectivity index (χ4v) is 3.41. The van der Waals surface area contributed by atoms with Gasteiger partial charge in [-0.25, -0.2) is 4.68 Å². The number of carbonyl (C=O) groups excluding carboxylic acids is 1. The lowest BCUT2D eigenvalue weighted by atomic mass is 10.0. The smallest absolute Gasteiger partial charge is 0.267 e. The summed E-state index contributed by atoms with van der Waals surface area (Å²) in [7, 11) is 0. The van der Waals surface area contributed by atoms with Crippen LogP contribution in [0, 0.1) is 6.92 Å². The number of thiophene rings is 1. The maximum absolute atomic E-state index is 12.9. The molecule has 0 saturated carbocycles. The van der Waals surface area contributed by atoms with Crippen molar-refractivity contribution < 1.29 is 4.79 Å². The Morgan fingerprint density at radius 1 is 1.23 bits per heavy atom. The number of halogens is 1. The maximum atomic E-state index is 12.9. The molecule has 0 radical (unpaired) electrons. The van der Waals surface area contributed by atoms with E-state index >= 15 is 0 Å². The van der Waals surface area contributed by atoms with Gasteiger partial charge in [0.2, 0.25) is 0 Å². The highest BCUT2D eigenvalue weighted by Crippen LogP contribution is 2.24. The molecular weight excluding hydrogens is 414 g/mol. The highest BCUT2D eigenvalue weighted by molar-refractivity contribution is 9.10. The van der Waals surface area contributed by atoms with Gasteiger partial charge in [-0.2, -0.15) is 5.10 Å². The van der Waals surface area contributed by atoms with E-state index in [1.165, 1.54) is 22.1 Å². The summed E-state index contributed by atoms with van der Waals surface area (Å²) in [5.41, 5.74) is 0.880. The molecule has 0 aliphatic carbocycles. The molecule has 0 fully saturated rings. The number of rotatable bonds is 4. The number of benzene rings is 1. The molecule has 0 aliphatic heterocycles. The SMILES string of the molecule is Cc1cc(NC(=O)C(C)(C)n2nc(-c3cccs3)ccc2=O)ccc1Br. The summed E-state index contributed by atoms with van der Waals surface area (Å²) in [5, 5.41) is 9.24. The van der Waals surface area contributed by atoms with Crippen molar-refractivity contribution >= 4 is 38.9 Å². The lowest BCUT2D eigenvalue weighted by Gasteiger charge is -2.25. The minimum atomic E-state index is -1.15. The molecule has 0 bridgehead atoms. The zero-order valence-electron chi connectivity index (χ0n) is 14.6. The van der Waals surface area contributed by atoms with Crippen molar-refractivity contribution in [3.05, 3.63) is 68.2 Å². The molecule has 0 unspecified atom stereocenters. The molecule has 0 spiro atoms. The van der Waals surface area contributed by atoms with E-state index in [9.17, 15) is 9.59 Å². The second kappa shape index (κ2) is 7.17. The number of amides is 1. The Morgan fingerprint density at radius 3 is 2.65 bits per heavy atom. The summed E-state index contributed by atoms with van der Waals surface area (Å²) in [5.74, 6) is -0.308. The zero-order valence-corrected chi connectivity index (χ0v) is 17.0. The zero-order chi connectivity index (χ0) is 18.9. The third-order valence-corrected chi connectivity index (χ3v) is 5.86. The van der Waals surface area contributed by atoms with E-state index in [4.69, 9.17) is 0 Å². The summed E-state index contributed by atoms with van der Waals surface area (Å²) in [4.78, 5) is 26.2. The van der Waals surface area contributed by atoms with E-state index in [0.717, 1.165) is 14.9 Å². The molecule has 2 heterocycles. The van der Waals surface area contributed by atoms with Crippen LogP contribution in [-0.4, -0.2) is 15.7 Å². The molecular formula is C19H18BrN3O2S. The van der Waals surface area contributed by atoms with E-state index in [-0.39, 0.29) is 11.5 Å². The van der Waals surface area contributed by atoms with Gasteiger partial charge in [0.15, 0.2) is 0 Å². The Hall–Kier alpha value is -2.25. The second-order valence-electron chi connectivity index (χ2n) is 6.42. The number of carbonyl (C=O) groups is 1. The van der Waals surface area contributed by atoms with Gasteiger partial charge in [-0.3, -0.25) is 9.59 Å². The van der Waals surface area contributed by atoms with Crippen molar-refractivity contribution in [2.75, 3.05) is 5.32 Å². The third-order valence-electron chi connectivity index (χ3n) is 4.07. The number of nitrogens with zero attached hydrogens (tertiary/aromatic N) is 2. The van der Waals surface area contributed by atoms with Crippen LogP contribution in [0.15, 0.2) is 57.1 Å². The van der Waals surface area contributed by atoms with Crippen LogP contribution in [-0.2, 0) is 10.3 Å². The van der Waals surface area contributed by atoms with Gasteiger partial charge in [0.25, 0.3) is 11.5 Å². The van der Waals surface area contributed by atoms with Gasteiger partial charge >= 0.3 is 0 Å². The van der Waals surface area contributed by atoms with Crippen molar-refractivity contribution in [3.63, 3.8) is 0 Å². The van der Waals surface area contributed by atoms with Gasteiger partial charge in [0.05, 0.1) is 4.88 Å². The molecule has 0 aliphatic rings. The molecule has 1 amide bonds. The number of aryl methyl sites for hydroxylation is 1. The van der Waals surface area contributed by atoms with Crippen LogP contribution in [0.2, 0.25) is 0 Å². The minimum absolute atomic E-state index is 0.308. The average molecular weight is 432 g/mol. The van der Waals surface area contributed by atoms with Crippen LogP contribution < -0.4 is 10.9 Å². The molecule has 0 saturated heterocycles. The average Bonchev–Trinajstić information content (AvgIpc) is 3.13. The molecule has 134 valence electrons. The van der Waals surface area contributed by atoms with Crippen molar-refractivity contribution in [2.45, 2.75) is 26.3 Å². The molecule has 3 aromatic rings. The van der Waals surface area contributed by atoms with Crippen LogP contribution in [0.5, 0.6) is 0 Å². The summed E-state index contributed by atoms with van der Waals surface area (Å²) < 4.78 is 2.21. The van der Waals surface area contributed by atoms with Crippen molar-refractivity contribution in [2.24, 2.45) is 0 Å². The molecule has 7 heteroatoms. The Balaban J connectivity index is 1.93. The van der Waals surface area contributed by atoms with Gasteiger partial charge in [-0.05, 0) is 62.0 Å². The van der Waals surface area contributed by atoms with Crippen molar-refractivity contribution in [1.82, 2.24) is 9.78 Å². The van der Waals surface area contributed by atoms with Crippen LogP contribution in [0.4, 0.5) is 5.69 Å². The Morgan fingerprint density at radius 2 is 2.00 bits per heavy atom. The van der Waals surface area contributed by atoms with Gasteiger partial charge in [0.1, 0.15) is 11.2 Å². The van der Waals surface area contributed by atoms with Crippen LogP contribution >= 0.6 is 27.3 Å². The van der Waals surface area contributed by atoms with Crippen molar-refractivity contribution in [1.29, 1.82) is 0 Å². The number of nitrogens with one attached hydrogen (secondary N) is 1. The largest absolute Gasteiger partial charge is 0.324 e. The number of aromatic nitrogens is 2. The van der Waals surface area contributed by atoms with Crippen LogP contribution in [0.3, 0.4) is 0 Å². The Labute approximate surface area is 163 Å². The number of hydrogen-bond donors (Lipinski definition) is 1. The first kappa shape index (κ1) is 18.5. The number of hydrogen-bond acceptors (Lipinski definition) is 4. The van der Waals surface area contributed by atoms with E-state index < -0.39 is 5.54 Å². The molecule has 2 aromatic heterocycles. The predicted molar refractivity (Wildman–Crippen MR) is 109 cm³/mol. The van der Waals surface area contributed by atoms with Crippen LogP contribution in [0.1, 0.15) is 19.4 Å². The second-order valence-corrected chi connectivity index (χ2v) is 8.23. The highest BCUT2D eigenvalue weighted by Gasteiger charge is 2.32. The molecule has 1 aromatic carbocycles. The summed E-state index contributed by atoms with van der Waals surface area (Å²) in [6.45, 7) is 5.31. The summed E-state index contributed by atoms with van der Waals surface area (Å²) in [6, 6.07) is 12.5. The van der Waals surface area contributed by atoms with Crippen molar-refractivity contribution in [3.8, 4) is 10.6 Å². The van der Waals surface area contributed by atoms with Gasteiger partial charge in [-0.1, -0.05) is 22.0 Å². The van der Waals surface area contributed by atoms with Gasteiger partial charge < -0.3 is 5.32 Å². The maximum Gasteiger partial charge on any atom is 0.267 e. The van der Waals surface area contributed by atoms with Crippen LogP contribution in [0.25, 0.3) is 10.6 Å². The monoisotopic (exact) mass is 431 g/mol. The molecule has 0 atom stereocenters. The predicted octanol–water partition coefficient (Wildman–Crippen LogP) is 4.42. The fourth-order valence-electron chi connectivity index (χ4n) is 2.47. The quantitative estimate of drug-likeness (QED) is 0.664. The first-order valence-corrected chi connectivity index (χ1v) is 9.68. The van der Waals surface area contributed by atoms with E-state index in [2.05, 4.69) is 26.3 Å². The topological polar surface area (TPSA) is 64.0 Å². The molecule has 1 N–H and O–H groups in total. The van der Waals surface area contributed by atoms with E-state index in [0.29, 0.717) is 11.4 Å². The summed E-state index contributed by atoms with van der Waals surface area (Å²) >= 11 is 4.97. The third kappa shape index (κ3) is 3.64. The van der Waals surface area contributed by atoms with Gasteiger partial charge in [-0.15, -0.1) is 11.3 Å². The Kier molecular flexibility index (Phi) is 5.11. The van der Waals surface area contributed by atoms with Gasteiger partial charge in [0, 0.05) is 16.2 Å². The Bertz CT molecular complexity index is 1010. The lowest BCUT2D eigenvalue weighted by Crippen LogP contribution is -2.47. The minimum Gasteiger partial charge on any atom is -0.324 e. The molecule has 3 rings (SSSR count). The highest BCUT2D eigenvalue weighted by atomic mass is 79.9. The molecule has 26 heavy (non-hydrogen) atoms. The lowest BCUT2D eigenvalue weighted by molar-refractivity contribution is -0.123. The normalized spacial score (nSPS) is 11.4.